The number of nitrogens with one attached hydrogen (secondary N) is 1. The van der Waals surface area contributed by atoms with Crippen molar-refractivity contribution in [2.75, 3.05) is 5.32 Å². The first-order chi connectivity index (χ1) is 9.97. The molecule has 7 heteroatoms. The third kappa shape index (κ3) is 4.15. The molecule has 21 heavy (non-hydrogen) atoms. The fourth-order valence-corrected chi connectivity index (χ4v) is 2.12. The summed E-state index contributed by atoms with van der Waals surface area (Å²) in [5, 5.41) is 3.13. The molecule has 0 radical (unpaired) electrons. The Bertz CT molecular complexity index is 650. The molecule has 0 aliphatic heterocycles. The average Bonchev–Trinajstić information content (AvgIpc) is 2.44. The summed E-state index contributed by atoms with van der Waals surface area (Å²) >= 11 is 9.20. The first-order valence-corrected chi connectivity index (χ1v) is 6.94. The minimum absolute atomic E-state index is 0.00881. The topological polar surface area (TPSA) is 38.3 Å². The lowest BCUT2D eigenvalue weighted by atomic mass is 10.2. The van der Waals surface area contributed by atoms with Crippen LogP contribution in [0, 0.1) is 0 Å². The van der Waals surface area contributed by atoms with E-state index in [1.165, 1.54) is 24.3 Å². The number of hydrogen-bond donors (Lipinski definition) is 1. The summed E-state index contributed by atoms with van der Waals surface area (Å²) in [4.78, 5) is 12.0. The van der Waals surface area contributed by atoms with Gasteiger partial charge in [0.2, 0.25) is 0 Å². The fourth-order valence-electron chi connectivity index (χ4n) is 1.58. The molecule has 0 heterocycles. The summed E-state index contributed by atoms with van der Waals surface area (Å²) in [6.07, 6.45) is 0. The Morgan fingerprint density at radius 1 is 1.19 bits per heavy atom. The van der Waals surface area contributed by atoms with Gasteiger partial charge in [0.05, 0.1) is 15.2 Å². The molecule has 0 bridgehead atoms. The molecule has 2 rings (SSSR count). The van der Waals surface area contributed by atoms with Gasteiger partial charge in [0.15, 0.2) is 0 Å². The lowest BCUT2D eigenvalue weighted by molar-refractivity contribution is -0.0498. The van der Waals surface area contributed by atoms with Gasteiger partial charge in [0.1, 0.15) is 5.75 Å². The van der Waals surface area contributed by atoms with Gasteiger partial charge in [0.25, 0.3) is 5.91 Å². The SMILES string of the molecule is O=C(Nc1cccc(Cl)c1Br)c1ccc(OC(F)F)cc1. The summed E-state index contributed by atoms with van der Waals surface area (Å²) in [5.74, 6) is -0.396. The molecule has 0 saturated carbocycles. The van der Waals surface area contributed by atoms with Gasteiger partial charge in [-0.1, -0.05) is 17.7 Å². The molecular formula is C14H9BrClF2NO2. The van der Waals surface area contributed by atoms with E-state index in [0.29, 0.717) is 20.7 Å². The summed E-state index contributed by atoms with van der Waals surface area (Å²) in [5.41, 5.74) is 0.823. The minimum atomic E-state index is -2.90. The lowest BCUT2D eigenvalue weighted by Gasteiger charge is -2.09. The smallest absolute Gasteiger partial charge is 0.387 e. The van der Waals surface area contributed by atoms with Crippen LogP contribution in [0.5, 0.6) is 5.75 Å². The monoisotopic (exact) mass is 375 g/mol. The zero-order chi connectivity index (χ0) is 15.4. The number of benzene rings is 2. The molecule has 0 aliphatic rings. The Morgan fingerprint density at radius 3 is 2.48 bits per heavy atom. The average molecular weight is 377 g/mol. The first kappa shape index (κ1) is 15.7. The van der Waals surface area contributed by atoms with Gasteiger partial charge in [-0.25, -0.2) is 0 Å². The number of anilines is 1. The van der Waals surface area contributed by atoms with E-state index in [2.05, 4.69) is 26.0 Å². The predicted octanol–water partition coefficient (Wildman–Crippen LogP) is 4.96. The van der Waals surface area contributed by atoms with Gasteiger partial charge in [-0.05, 0) is 52.3 Å². The van der Waals surface area contributed by atoms with Crippen molar-refractivity contribution in [3.63, 3.8) is 0 Å². The number of ether oxygens (including phenoxy) is 1. The second-order valence-corrected chi connectivity index (χ2v) is 5.16. The predicted molar refractivity (Wildman–Crippen MR) is 80.2 cm³/mol. The number of carbonyl (C=O) groups is 1. The van der Waals surface area contributed by atoms with Crippen molar-refractivity contribution in [2.45, 2.75) is 6.61 Å². The number of alkyl halides is 2. The van der Waals surface area contributed by atoms with Gasteiger partial charge < -0.3 is 10.1 Å². The molecule has 1 N–H and O–H groups in total. The highest BCUT2D eigenvalue weighted by Crippen LogP contribution is 2.30. The second-order valence-electron chi connectivity index (χ2n) is 3.96. The summed E-state index contributed by atoms with van der Waals surface area (Å²) < 4.78 is 28.8. The fraction of sp³-hybridized carbons (Fsp3) is 0.0714. The van der Waals surface area contributed by atoms with E-state index < -0.39 is 6.61 Å². The first-order valence-electron chi connectivity index (χ1n) is 5.77. The van der Waals surface area contributed by atoms with Crippen LogP contribution in [0.2, 0.25) is 5.02 Å². The quantitative estimate of drug-likeness (QED) is 0.819. The number of rotatable bonds is 4. The van der Waals surface area contributed by atoms with Crippen LogP contribution in [-0.4, -0.2) is 12.5 Å². The van der Waals surface area contributed by atoms with Crippen molar-refractivity contribution >= 4 is 39.1 Å². The molecule has 3 nitrogen and oxygen atoms in total. The molecule has 0 aromatic heterocycles. The van der Waals surface area contributed by atoms with Crippen molar-refractivity contribution in [2.24, 2.45) is 0 Å². The maximum absolute atomic E-state index is 12.0. The molecular weight excluding hydrogens is 368 g/mol. The highest BCUT2D eigenvalue weighted by molar-refractivity contribution is 9.10. The molecule has 0 atom stereocenters. The van der Waals surface area contributed by atoms with Gasteiger partial charge in [-0.15, -0.1) is 0 Å². The van der Waals surface area contributed by atoms with E-state index in [1.54, 1.807) is 18.2 Å². The highest BCUT2D eigenvalue weighted by atomic mass is 79.9. The minimum Gasteiger partial charge on any atom is -0.435 e. The normalized spacial score (nSPS) is 10.5. The Kier molecular flexibility index (Phi) is 5.14. The zero-order valence-electron chi connectivity index (χ0n) is 10.4. The molecule has 0 saturated heterocycles. The Labute approximate surface area is 133 Å². The molecule has 1 amide bonds. The number of hydrogen-bond acceptors (Lipinski definition) is 2. The van der Waals surface area contributed by atoms with E-state index in [1.807, 2.05) is 0 Å². The maximum atomic E-state index is 12.0. The third-order valence-corrected chi connectivity index (χ3v) is 3.94. The van der Waals surface area contributed by atoms with E-state index >= 15 is 0 Å². The van der Waals surface area contributed by atoms with E-state index in [0.717, 1.165) is 0 Å². The Hall–Kier alpha value is -1.66. The zero-order valence-corrected chi connectivity index (χ0v) is 12.8. The third-order valence-electron chi connectivity index (χ3n) is 2.54. The molecule has 0 spiro atoms. The number of amides is 1. The van der Waals surface area contributed by atoms with Crippen molar-refractivity contribution in [3.05, 3.63) is 57.5 Å². The van der Waals surface area contributed by atoms with Gasteiger partial charge in [-0.3, -0.25) is 4.79 Å². The summed E-state index contributed by atoms with van der Waals surface area (Å²) in [7, 11) is 0. The second kappa shape index (κ2) is 6.87. The van der Waals surface area contributed by atoms with Crippen LogP contribution in [0.1, 0.15) is 10.4 Å². The van der Waals surface area contributed by atoms with Crippen LogP contribution in [0.15, 0.2) is 46.9 Å². The molecule has 2 aromatic carbocycles. The van der Waals surface area contributed by atoms with Gasteiger partial charge >= 0.3 is 6.61 Å². The van der Waals surface area contributed by atoms with Crippen LogP contribution >= 0.6 is 27.5 Å². The van der Waals surface area contributed by atoms with Crippen molar-refractivity contribution < 1.29 is 18.3 Å². The highest BCUT2D eigenvalue weighted by Gasteiger charge is 2.11. The maximum Gasteiger partial charge on any atom is 0.387 e. The number of halogens is 4. The standard InChI is InChI=1S/C14H9BrClF2NO2/c15-12-10(16)2-1-3-11(12)19-13(20)8-4-6-9(7-5-8)21-14(17)18/h1-7,14H,(H,19,20). The van der Waals surface area contributed by atoms with Gasteiger partial charge in [0, 0.05) is 5.56 Å². The van der Waals surface area contributed by atoms with Crippen molar-refractivity contribution in [1.82, 2.24) is 0 Å². The van der Waals surface area contributed by atoms with Crippen LogP contribution in [-0.2, 0) is 0 Å². The molecule has 110 valence electrons. The molecule has 2 aromatic rings. The summed E-state index contributed by atoms with van der Waals surface area (Å²) in [6, 6.07) is 10.4. The van der Waals surface area contributed by atoms with E-state index in [9.17, 15) is 13.6 Å². The lowest BCUT2D eigenvalue weighted by Crippen LogP contribution is -2.12. The van der Waals surface area contributed by atoms with E-state index in [-0.39, 0.29) is 11.7 Å². The Morgan fingerprint density at radius 2 is 1.86 bits per heavy atom. The molecule has 0 fully saturated rings. The Balaban J connectivity index is 2.11. The molecule has 0 unspecified atom stereocenters. The van der Waals surface area contributed by atoms with Crippen molar-refractivity contribution in [3.8, 4) is 5.75 Å². The van der Waals surface area contributed by atoms with Crippen LogP contribution in [0.3, 0.4) is 0 Å². The van der Waals surface area contributed by atoms with Crippen LogP contribution in [0.4, 0.5) is 14.5 Å². The van der Waals surface area contributed by atoms with Crippen LogP contribution < -0.4 is 10.1 Å². The van der Waals surface area contributed by atoms with E-state index in [4.69, 9.17) is 11.6 Å². The number of carbonyl (C=O) groups excluding carboxylic acids is 1. The largest absolute Gasteiger partial charge is 0.435 e. The van der Waals surface area contributed by atoms with Crippen molar-refractivity contribution in [1.29, 1.82) is 0 Å². The summed E-state index contributed by atoms with van der Waals surface area (Å²) in [6.45, 7) is -2.90. The van der Waals surface area contributed by atoms with Gasteiger partial charge in [-0.2, -0.15) is 8.78 Å². The molecule has 0 aliphatic carbocycles. The van der Waals surface area contributed by atoms with Crippen LogP contribution in [0.25, 0.3) is 0 Å².